The third-order valence-corrected chi connectivity index (χ3v) is 4.25. The number of aldehydes is 1. The molecule has 0 aliphatic carbocycles. The summed E-state index contributed by atoms with van der Waals surface area (Å²) in [4.78, 5) is 29.8. The number of hydrogen-bond donors (Lipinski definition) is 0. The molecule has 1 atom stereocenters. The Balaban J connectivity index is 1.90. The van der Waals surface area contributed by atoms with Crippen LogP contribution < -0.4 is 4.90 Å². The molecule has 5 nitrogen and oxygen atoms in total. The lowest BCUT2D eigenvalue weighted by Crippen LogP contribution is -2.39. The van der Waals surface area contributed by atoms with Crippen LogP contribution in [0.4, 0.5) is 5.69 Å². The SMILES string of the molecule is CCOC(=O)C1CCCN(c2cc(C=O)c3ncccc3c2)C1. The first-order valence-electron chi connectivity index (χ1n) is 7.98. The first-order chi connectivity index (χ1) is 11.2. The number of aromatic nitrogens is 1. The number of pyridine rings is 1. The van der Waals surface area contributed by atoms with Gasteiger partial charge in [0.05, 0.1) is 18.0 Å². The van der Waals surface area contributed by atoms with Crippen molar-refractivity contribution in [1.82, 2.24) is 4.98 Å². The van der Waals surface area contributed by atoms with E-state index in [1.54, 1.807) is 6.20 Å². The molecule has 0 amide bonds. The molecule has 1 aromatic heterocycles. The van der Waals surface area contributed by atoms with E-state index in [0.717, 1.165) is 36.7 Å². The summed E-state index contributed by atoms with van der Waals surface area (Å²) in [6.07, 6.45) is 4.31. The van der Waals surface area contributed by atoms with Gasteiger partial charge in [0.25, 0.3) is 0 Å². The largest absolute Gasteiger partial charge is 0.466 e. The highest BCUT2D eigenvalue weighted by molar-refractivity contribution is 5.98. The zero-order valence-electron chi connectivity index (χ0n) is 13.2. The normalized spacial score (nSPS) is 18.0. The summed E-state index contributed by atoms with van der Waals surface area (Å²) < 4.78 is 5.15. The quantitative estimate of drug-likeness (QED) is 0.642. The molecule has 3 rings (SSSR count). The summed E-state index contributed by atoms with van der Waals surface area (Å²) in [5, 5.41) is 0.936. The average molecular weight is 312 g/mol. The molecular weight excluding hydrogens is 292 g/mol. The first-order valence-corrected chi connectivity index (χ1v) is 7.98. The maximum atomic E-state index is 12.0. The fourth-order valence-electron chi connectivity index (χ4n) is 3.14. The number of rotatable bonds is 4. The number of benzene rings is 1. The molecule has 1 fully saturated rings. The van der Waals surface area contributed by atoms with E-state index in [4.69, 9.17) is 4.74 Å². The zero-order chi connectivity index (χ0) is 16.2. The topological polar surface area (TPSA) is 59.5 Å². The molecular formula is C18H20N2O3. The van der Waals surface area contributed by atoms with Crippen molar-refractivity contribution >= 4 is 28.8 Å². The van der Waals surface area contributed by atoms with Crippen LogP contribution in [0.3, 0.4) is 0 Å². The first kappa shape index (κ1) is 15.5. The fraction of sp³-hybridized carbons (Fsp3) is 0.389. The number of esters is 1. The molecule has 2 aromatic rings. The van der Waals surface area contributed by atoms with Crippen LogP contribution in [0.25, 0.3) is 10.9 Å². The van der Waals surface area contributed by atoms with Crippen LogP contribution in [0.15, 0.2) is 30.5 Å². The van der Waals surface area contributed by atoms with Crippen LogP contribution in [0, 0.1) is 5.92 Å². The second-order valence-electron chi connectivity index (χ2n) is 5.77. The van der Waals surface area contributed by atoms with Crippen LogP contribution in [-0.4, -0.2) is 36.9 Å². The summed E-state index contributed by atoms with van der Waals surface area (Å²) in [7, 11) is 0. The minimum atomic E-state index is -0.129. The van der Waals surface area contributed by atoms with E-state index in [1.165, 1.54) is 0 Å². The minimum Gasteiger partial charge on any atom is -0.466 e. The number of anilines is 1. The number of piperidine rings is 1. The molecule has 0 bridgehead atoms. The van der Waals surface area contributed by atoms with Crippen molar-refractivity contribution in [1.29, 1.82) is 0 Å². The zero-order valence-corrected chi connectivity index (χ0v) is 13.2. The van der Waals surface area contributed by atoms with Gasteiger partial charge in [-0.3, -0.25) is 14.6 Å². The Morgan fingerprint density at radius 1 is 1.48 bits per heavy atom. The Labute approximate surface area is 135 Å². The Morgan fingerprint density at radius 3 is 3.13 bits per heavy atom. The van der Waals surface area contributed by atoms with Crippen molar-refractivity contribution in [3.8, 4) is 0 Å². The highest BCUT2D eigenvalue weighted by atomic mass is 16.5. The van der Waals surface area contributed by atoms with Crippen LogP contribution in [0.1, 0.15) is 30.1 Å². The number of nitrogens with zero attached hydrogens (tertiary/aromatic N) is 2. The molecule has 2 heterocycles. The Kier molecular flexibility index (Phi) is 4.55. The molecule has 23 heavy (non-hydrogen) atoms. The van der Waals surface area contributed by atoms with E-state index in [-0.39, 0.29) is 11.9 Å². The van der Waals surface area contributed by atoms with Crippen molar-refractivity contribution in [3.05, 3.63) is 36.0 Å². The van der Waals surface area contributed by atoms with Gasteiger partial charge in [0, 0.05) is 35.9 Å². The molecule has 1 saturated heterocycles. The molecule has 0 saturated carbocycles. The summed E-state index contributed by atoms with van der Waals surface area (Å²) >= 11 is 0. The van der Waals surface area contributed by atoms with Gasteiger partial charge in [0.15, 0.2) is 6.29 Å². The Bertz CT molecular complexity index is 729. The van der Waals surface area contributed by atoms with Crippen molar-refractivity contribution in [3.63, 3.8) is 0 Å². The van der Waals surface area contributed by atoms with Gasteiger partial charge in [-0.1, -0.05) is 6.07 Å². The Morgan fingerprint density at radius 2 is 2.35 bits per heavy atom. The minimum absolute atomic E-state index is 0.104. The molecule has 0 N–H and O–H groups in total. The van der Waals surface area contributed by atoms with Crippen molar-refractivity contribution in [2.45, 2.75) is 19.8 Å². The molecule has 1 unspecified atom stereocenters. The number of ether oxygens (including phenoxy) is 1. The maximum absolute atomic E-state index is 12.0. The van der Waals surface area contributed by atoms with Crippen LogP contribution >= 0.6 is 0 Å². The van der Waals surface area contributed by atoms with E-state index in [2.05, 4.69) is 9.88 Å². The lowest BCUT2D eigenvalue weighted by Gasteiger charge is -2.33. The molecule has 1 aliphatic rings. The lowest BCUT2D eigenvalue weighted by molar-refractivity contribution is -0.148. The number of hydrogen-bond acceptors (Lipinski definition) is 5. The lowest BCUT2D eigenvalue weighted by atomic mass is 9.97. The van der Waals surface area contributed by atoms with Gasteiger partial charge in [-0.15, -0.1) is 0 Å². The summed E-state index contributed by atoms with van der Waals surface area (Å²) in [6, 6.07) is 7.70. The van der Waals surface area contributed by atoms with Gasteiger partial charge in [0.1, 0.15) is 0 Å². The van der Waals surface area contributed by atoms with Gasteiger partial charge in [-0.25, -0.2) is 0 Å². The molecule has 1 aliphatic heterocycles. The highest BCUT2D eigenvalue weighted by Crippen LogP contribution is 2.28. The third-order valence-electron chi connectivity index (χ3n) is 4.25. The van der Waals surface area contributed by atoms with Gasteiger partial charge < -0.3 is 9.64 Å². The fourth-order valence-corrected chi connectivity index (χ4v) is 3.14. The van der Waals surface area contributed by atoms with Crippen molar-refractivity contribution < 1.29 is 14.3 Å². The van der Waals surface area contributed by atoms with E-state index < -0.39 is 0 Å². The van der Waals surface area contributed by atoms with Crippen LogP contribution in [0.2, 0.25) is 0 Å². The summed E-state index contributed by atoms with van der Waals surface area (Å²) in [5.41, 5.74) is 2.25. The average Bonchev–Trinajstić information content (AvgIpc) is 2.61. The third kappa shape index (κ3) is 3.18. The molecule has 0 spiro atoms. The van der Waals surface area contributed by atoms with Crippen LogP contribution in [-0.2, 0) is 9.53 Å². The predicted molar refractivity (Wildman–Crippen MR) is 88.7 cm³/mol. The molecule has 0 radical (unpaired) electrons. The number of fused-ring (bicyclic) bond motifs is 1. The second kappa shape index (κ2) is 6.77. The number of carbonyl (C=O) groups excluding carboxylic acids is 2. The smallest absolute Gasteiger partial charge is 0.310 e. The predicted octanol–water partition coefficient (Wildman–Crippen LogP) is 2.83. The second-order valence-corrected chi connectivity index (χ2v) is 5.77. The van der Waals surface area contributed by atoms with E-state index in [0.29, 0.717) is 24.2 Å². The van der Waals surface area contributed by atoms with Gasteiger partial charge in [-0.2, -0.15) is 0 Å². The van der Waals surface area contributed by atoms with Crippen molar-refractivity contribution in [2.75, 3.05) is 24.6 Å². The van der Waals surface area contributed by atoms with E-state index in [1.807, 2.05) is 31.2 Å². The van der Waals surface area contributed by atoms with Gasteiger partial charge in [-0.05, 0) is 38.0 Å². The molecule has 5 heteroatoms. The summed E-state index contributed by atoms with van der Waals surface area (Å²) in [6.45, 7) is 3.74. The molecule has 120 valence electrons. The highest BCUT2D eigenvalue weighted by Gasteiger charge is 2.27. The van der Waals surface area contributed by atoms with E-state index >= 15 is 0 Å². The van der Waals surface area contributed by atoms with Gasteiger partial charge >= 0.3 is 5.97 Å². The number of carbonyl (C=O) groups is 2. The standard InChI is InChI=1S/C18H20N2O3/c1-2-23-18(22)14-6-4-8-20(11-14)16-9-13-5-3-7-19-17(13)15(10-16)12-21/h3,5,7,9-10,12,14H,2,4,6,8,11H2,1H3. The van der Waals surface area contributed by atoms with Crippen molar-refractivity contribution in [2.24, 2.45) is 5.92 Å². The van der Waals surface area contributed by atoms with E-state index in [9.17, 15) is 9.59 Å². The monoisotopic (exact) mass is 312 g/mol. The Hall–Kier alpha value is -2.43. The maximum Gasteiger partial charge on any atom is 0.310 e. The van der Waals surface area contributed by atoms with Crippen LogP contribution in [0.5, 0.6) is 0 Å². The summed E-state index contributed by atoms with van der Waals surface area (Å²) in [5.74, 6) is -0.233. The molecule has 1 aromatic carbocycles. The van der Waals surface area contributed by atoms with Gasteiger partial charge in [0.2, 0.25) is 0 Å².